The normalized spacial score (nSPS) is 36.3. The van der Waals surface area contributed by atoms with Gasteiger partial charge < -0.3 is 18.9 Å². The predicted molar refractivity (Wildman–Crippen MR) is 61.9 cm³/mol. The van der Waals surface area contributed by atoms with Gasteiger partial charge in [0.05, 0.1) is 30.0 Å². The summed E-state index contributed by atoms with van der Waals surface area (Å²) >= 11 is 0. The molecule has 0 amide bonds. The molecule has 100 valence electrons. The second kappa shape index (κ2) is 4.16. The van der Waals surface area contributed by atoms with Crippen molar-refractivity contribution in [1.29, 1.82) is 0 Å². The zero-order valence-electron chi connectivity index (χ0n) is 10.5. The highest BCUT2D eigenvalue weighted by Gasteiger charge is 2.59. The zero-order valence-corrected chi connectivity index (χ0v) is 10.5. The molecule has 1 spiro atoms. The van der Waals surface area contributed by atoms with Gasteiger partial charge in [-0.25, -0.2) is 4.79 Å². The Bertz CT molecular complexity index is 368. The van der Waals surface area contributed by atoms with Crippen molar-refractivity contribution in [1.82, 2.24) is 0 Å². The average molecular weight is 254 g/mol. The highest BCUT2D eigenvalue weighted by molar-refractivity contribution is 5.60. The van der Waals surface area contributed by atoms with Gasteiger partial charge in [0.15, 0.2) is 0 Å². The maximum atomic E-state index is 11.0. The summed E-state index contributed by atoms with van der Waals surface area (Å²) in [4.78, 5) is 11.0. The van der Waals surface area contributed by atoms with Gasteiger partial charge in [0, 0.05) is 5.92 Å². The Morgan fingerprint density at radius 1 is 1.50 bits per heavy atom. The van der Waals surface area contributed by atoms with Crippen LogP contribution in [0, 0.1) is 11.3 Å². The molecule has 2 bridgehead atoms. The SMILES string of the molecule is C=C(C)OCC1CC2CC3(COC(=O)OC3)C1O2. The van der Waals surface area contributed by atoms with Crippen LogP contribution in [0.4, 0.5) is 4.79 Å². The van der Waals surface area contributed by atoms with E-state index in [4.69, 9.17) is 18.9 Å². The van der Waals surface area contributed by atoms with E-state index in [-0.39, 0.29) is 17.6 Å². The van der Waals surface area contributed by atoms with Gasteiger partial charge in [0.1, 0.15) is 13.2 Å². The smallest absolute Gasteiger partial charge is 0.498 e. The third-order valence-corrected chi connectivity index (χ3v) is 4.07. The number of hydrogen-bond donors (Lipinski definition) is 0. The zero-order chi connectivity index (χ0) is 12.8. The van der Waals surface area contributed by atoms with E-state index in [9.17, 15) is 4.79 Å². The second-order valence-electron chi connectivity index (χ2n) is 5.58. The minimum atomic E-state index is -0.571. The first-order valence-corrected chi connectivity index (χ1v) is 6.32. The summed E-state index contributed by atoms with van der Waals surface area (Å²) in [5.74, 6) is 1.05. The summed E-state index contributed by atoms with van der Waals surface area (Å²) in [7, 11) is 0. The van der Waals surface area contributed by atoms with Gasteiger partial charge in [-0.05, 0) is 19.8 Å². The molecular formula is C13H18O5. The van der Waals surface area contributed by atoms with Crippen LogP contribution in [-0.4, -0.2) is 38.2 Å². The molecule has 3 atom stereocenters. The molecule has 3 unspecified atom stereocenters. The number of rotatable bonds is 3. The summed E-state index contributed by atoms with van der Waals surface area (Å²) in [6, 6.07) is 0. The molecule has 3 fully saturated rings. The lowest BCUT2D eigenvalue weighted by atomic mass is 9.70. The molecule has 0 aromatic carbocycles. The van der Waals surface area contributed by atoms with E-state index in [2.05, 4.69) is 6.58 Å². The van der Waals surface area contributed by atoms with Crippen molar-refractivity contribution < 1.29 is 23.7 Å². The standard InChI is InChI=1S/C13H18O5/c1-8(2)15-5-9-3-10-4-13(11(9)18-10)6-16-12(14)17-7-13/h9-11H,1,3-7H2,2H3. The van der Waals surface area contributed by atoms with E-state index in [1.54, 1.807) is 0 Å². The third-order valence-electron chi connectivity index (χ3n) is 4.07. The summed E-state index contributed by atoms with van der Waals surface area (Å²) in [6.45, 7) is 6.99. The first-order valence-electron chi connectivity index (χ1n) is 6.32. The van der Waals surface area contributed by atoms with Gasteiger partial charge >= 0.3 is 6.16 Å². The van der Waals surface area contributed by atoms with Crippen molar-refractivity contribution in [3.8, 4) is 0 Å². The van der Waals surface area contributed by atoms with E-state index in [1.807, 2.05) is 6.92 Å². The molecule has 5 heteroatoms. The topological polar surface area (TPSA) is 54.0 Å². The Labute approximate surface area is 106 Å². The molecule has 3 aliphatic heterocycles. The molecule has 5 nitrogen and oxygen atoms in total. The summed E-state index contributed by atoms with van der Waals surface area (Å²) in [5.41, 5.74) is -0.167. The molecule has 3 rings (SSSR count). The Morgan fingerprint density at radius 3 is 2.83 bits per heavy atom. The molecule has 3 aliphatic rings. The molecular weight excluding hydrogens is 236 g/mol. The first kappa shape index (κ1) is 11.8. The highest BCUT2D eigenvalue weighted by atomic mass is 16.7. The van der Waals surface area contributed by atoms with Crippen molar-refractivity contribution >= 4 is 6.16 Å². The van der Waals surface area contributed by atoms with E-state index in [0.717, 1.165) is 18.6 Å². The van der Waals surface area contributed by atoms with Crippen molar-refractivity contribution in [3.63, 3.8) is 0 Å². The summed E-state index contributed by atoms with van der Waals surface area (Å²) in [6.07, 6.45) is 1.66. The first-order chi connectivity index (χ1) is 8.59. The molecule has 0 N–H and O–H groups in total. The molecule has 0 saturated carbocycles. The molecule has 0 aromatic heterocycles. The fourth-order valence-electron chi connectivity index (χ4n) is 3.36. The third kappa shape index (κ3) is 1.86. The van der Waals surface area contributed by atoms with Gasteiger partial charge in [-0.15, -0.1) is 0 Å². The van der Waals surface area contributed by atoms with Crippen molar-refractivity contribution in [2.75, 3.05) is 19.8 Å². The fourth-order valence-corrected chi connectivity index (χ4v) is 3.36. The van der Waals surface area contributed by atoms with Crippen molar-refractivity contribution in [3.05, 3.63) is 12.3 Å². The maximum absolute atomic E-state index is 11.0. The molecule has 0 aliphatic carbocycles. The molecule has 18 heavy (non-hydrogen) atoms. The van der Waals surface area contributed by atoms with Crippen LogP contribution in [0.3, 0.4) is 0 Å². The Kier molecular flexibility index (Phi) is 2.73. The number of cyclic esters (lactones) is 2. The van der Waals surface area contributed by atoms with E-state index in [0.29, 0.717) is 25.7 Å². The monoisotopic (exact) mass is 254 g/mol. The van der Waals surface area contributed by atoms with Crippen molar-refractivity contribution in [2.45, 2.75) is 32.0 Å². The van der Waals surface area contributed by atoms with Crippen LogP contribution in [0.1, 0.15) is 19.8 Å². The summed E-state index contributed by atoms with van der Waals surface area (Å²) in [5, 5.41) is 0. The fraction of sp³-hybridized carbons (Fsp3) is 0.769. The van der Waals surface area contributed by atoms with E-state index >= 15 is 0 Å². The van der Waals surface area contributed by atoms with Crippen molar-refractivity contribution in [2.24, 2.45) is 11.3 Å². The van der Waals surface area contributed by atoms with Crippen LogP contribution < -0.4 is 0 Å². The highest BCUT2D eigenvalue weighted by Crippen LogP contribution is 2.52. The number of hydrogen-bond acceptors (Lipinski definition) is 5. The van der Waals surface area contributed by atoms with Crippen LogP contribution in [0.25, 0.3) is 0 Å². The van der Waals surface area contributed by atoms with Crippen LogP contribution in [0.2, 0.25) is 0 Å². The maximum Gasteiger partial charge on any atom is 0.508 e. The minimum absolute atomic E-state index is 0.0648. The molecule has 3 heterocycles. The van der Waals surface area contributed by atoms with Gasteiger partial charge in [-0.1, -0.05) is 6.58 Å². The number of ether oxygens (including phenoxy) is 4. The molecule has 3 saturated heterocycles. The van der Waals surface area contributed by atoms with Crippen LogP contribution in [-0.2, 0) is 18.9 Å². The average Bonchev–Trinajstić information content (AvgIpc) is 2.88. The lowest BCUT2D eigenvalue weighted by Crippen LogP contribution is -2.49. The minimum Gasteiger partial charge on any atom is -0.498 e. The number of fused-ring (bicyclic) bond motifs is 3. The number of carbonyl (C=O) groups excluding carboxylic acids is 1. The quantitative estimate of drug-likeness (QED) is 0.568. The number of allylic oxidation sites excluding steroid dienone is 1. The molecule has 0 aromatic rings. The van der Waals surface area contributed by atoms with Crippen LogP contribution in [0.15, 0.2) is 12.3 Å². The summed E-state index contributed by atoms with van der Waals surface area (Å²) < 4.78 is 21.6. The van der Waals surface area contributed by atoms with Gasteiger partial charge in [-0.3, -0.25) is 0 Å². The lowest BCUT2D eigenvalue weighted by molar-refractivity contribution is -0.100. The second-order valence-corrected chi connectivity index (χ2v) is 5.58. The Balaban J connectivity index is 1.68. The Hall–Kier alpha value is -1.23. The van der Waals surface area contributed by atoms with Gasteiger partial charge in [0.2, 0.25) is 0 Å². The molecule has 0 radical (unpaired) electrons. The Morgan fingerprint density at radius 2 is 2.22 bits per heavy atom. The van der Waals surface area contributed by atoms with Gasteiger partial charge in [0.25, 0.3) is 0 Å². The predicted octanol–water partition coefficient (Wildman–Crippen LogP) is 1.87. The van der Waals surface area contributed by atoms with Gasteiger partial charge in [-0.2, -0.15) is 0 Å². The van der Waals surface area contributed by atoms with Crippen LogP contribution >= 0.6 is 0 Å². The van der Waals surface area contributed by atoms with E-state index in [1.165, 1.54) is 0 Å². The van der Waals surface area contributed by atoms with E-state index < -0.39 is 6.16 Å². The number of carbonyl (C=O) groups is 1. The largest absolute Gasteiger partial charge is 0.508 e. The van der Waals surface area contributed by atoms with Crippen LogP contribution in [0.5, 0.6) is 0 Å². The lowest BCUT2D eigenvalue weighted by Gasteiger charge is -2.39.